The van der Waals surface area contributed by atoms with Crippen LogP contribution in [-0.2, 0) is 10.0 Å². The highest BCUT2D eigenvalue weighted by molar-refractivity contribution is 9.10. The van der Waals surface area contributed by atoms with Gasteiger partial charge in [0, 0.05) is 22.7 Å². The lowest BCUT2D eigenvalue weighted by Crippen LogP contribution is -2.39. The molecule has 0 saturated heterocycles. The zero-order valence-corrected chi connectivity index (χ0v) is 14.7. The monoisotopic (exact) mass is 362 g/mol. The number of unbranched alkanes of at least 4 members (excludes halogenated alkanes) is 1. The summed E-state index contributed by atoms with van der Waals surface area (Å²) in [5, 5.41) is 0. The van der Waals surface area contributed by atoms with Crippen molar-refractivity contribution >= 4 is 31.6 Å². The number of anilines is 1. The smallest absolute Gasteiger partial charge is 0.244 e. The minimum atomic E-state index is -3.50. The van der Waals surface area contributed by atoms with E-state index in [1.54, 1.807) is 22.5 Å². The summed E-state index contributed by atoms with van der Waals surface area (Å²) in [5.41, 5.74) is 6.22. The first-order chi connectivity index (χ1) is 9.34. The maximum Gasteiger partial charge on any atom is 0.244 e. The Balaban J connectivity index is 3.21. The fraction of sp³-hybridized carbons (Fsp3) is 0.571. The Morgan fingerprint density at radius 3 is 2.50 bits per heavy atom. The highest BCUT2D eigenvalue weighted by Gasteiger charge is 2.29. The van der Waals surface area contributed by atoms with Crippen molar-refractivity contribution < 1.29 is 8.42 Å². The Labute approximate surface area is 130 Å². The Bertz CT molecular complexity index is 546. The number of halogens is 1. The van der Waals surface area contributed by atoms with E-state index < -0.39 is 10.0 Å². The molecular weight excluding hydrogens is 340 g/mol. The fourth-order valence-corrected chi connectivity index (χ4v) is 4.75. The summed E-state index contributed by atoms with van der Waals surface area (Å²) in [6.45, 7) is 6.54. The van der Waals surface area contributed by atoms with Crippen LogP contribution >= 0.6 is 15.9 Å². The number of hydrogen-bond acceptors (Lipinski definition) is 3. The fourth-order valence-electron chi connectivity index (χ4n) is 1.95. The van der Waals surface area contributed by atoms with Crippen LogP contribution in [0.15, 0.2) is 27.6 Å². The Hall–Kier alpha value is -0.590. The molecule has 0 aliphatic heterocycles. The molecule has 0 heterocycles. The van der Waals surface area contributed by atoms with E-state index in [1.807, 2.05) is 13.8 Å². The van der Waals surface area contributed by atoms with E-state index >= 15 is 0 Å². The molecule has 0 bridgehead atoms. The quantitative estimate of drug-likeness (QED) is 0.753. The second-order valence-corrected chi connectivity index (χ2v) is 7.63. The number of nitrogens with two attached hydrogens (primary N) is 1. The molecule has 2 N–H and O–H groups in total. The van der Waals surface area contributed by atoms with E-state index in [1.165, 1.54) is 0 Å². The number of nitrogens with zero attached hydrogens (tertiary/aromatic N) is 1. The maximum atomic E-state index is 12.8. The Morgan fingerprint density at radius 1 is 1.35 bits per heavy atom. The van der Waals surface area contributed by atoms with Crippen molar-refractivity contribution in [3.63, 3.8) is 0 Å². The molecule has 1 aromatic carbocycles. The third-order valence-electron chi connectivity index (χ3n) is 3.36. The minimum absolute atomic E-state index is 0.0176. The van der Waals surface area contributed by atoms with E-state index in [2.05, 4.69) is 22.9 Å². The van der Waals surface area contributed by atoms with Crippen molar-refractivity contribution in [2.45, 2.75) is 51.0 Å². The van der Waals surface area contributed by atoms with Crippen molar-refractivity contribution in [1.82, 2.24) is 4.31 Å². The van der Waals surface area contributed by atoms with E-state index in [4.69, 9.17) is 5.73 Å². The van der Waals surface area contributed by atoms with Crippen LogP contribution in [0.1, 0.15) is 40.0 Å². The van der Waals surface area contributed by atoms with Crippen molar-refractivity contribution in [3.8, 4) is 0 Å². The Morgan fingerprint density at radius 2 is 2.00 bits per heavy atom. The van der Waals surface area contributed by atoms with E-state index in [0.717, 1.165) is 19.3 Å². The molecule has 0 aliphatic carbocycles. The van der Waals surface area contributed by atoms with Gasteiger partial charge in [-0.2, -0.15) is 4.31 Å². The van der Waals surface area contributed by atoms with Gasteiger partial charge in [0.2, 0.25) is 10.0 Å². The topological polar surface area (TPSA) is 63.4 Å². The van der Waals surface area contributed by atoms with E-state index in [0.29, 0.717) is 16.7 Å². The predicted molar refractivity (Wildman–Crippen MR) is 87.1 cm³/mol. The zero-order chi connectivity index (χ0) is 15.3. The molecule has 0 radical (unpaired) electrons. The summed E-state index contributed by atoms with van der Waals surface area (Å²) < 4.78 is 27.8. The van der Waals surface area contributed by atoms with Crippen LogP contribution in [0.4, 0.5) is 5.69 Å². The molecular formula is C14H23BrN2O2S. The predicted octanol–water partition coefficient (Wildman–Crippen LogP) is 3.62. The first kappa shape index (κ1) is 17.5. The molecule has 1 rings (SSSR count). The number of nitrogen functional groups attached to an aromatic ring is 1. The summed E-state index contributed by atoms with van der Waals surface area (Å²) in [6, 6.07) is 4.79. The average molecular weight is 363 g/mol. The van der Waals surface area contributed by atoms with Gasteiger partial charge in [-0.3, -0.25) is 0 Å². The van der Waals surface area contributed by atoms with Gasteiger partial charge in [0.05, 0.1) is 4.90 Å². The van der Waals surface area contributed by atoms with Crippen molar-refractivity contribution in [2.24, 2.45) is 0 Å². The highest BCUT2D eigenvalue weighted by Crippen LogP contribution is 2.28. The van der Waals surface area contributed by atoms with Crippen molar-refractivity contribution in [2.75, 3.05) is 12.3 Å². The summed E-state index contributed by atoms with van der Waals surface area (Å²) in [5.74, 6) is 0. The first-order valence-corrected chi connectivity index (χ1v) is 9.14. The molecule has 4 nitrogen and oxygen atoms in total. The van der Waals surface area contributed by atoms with Gasteiger partial charge in [-0.15, -0.1) is 0 Å². The number of rotatable bonds is 7. The van der Waals surface area contributed by atoms with Gasteiger partial charge < -0.3 is 5.73 Å². The van der Waals surface area contributed by atoms with Gasteiger partial charge in [0.1, 0.15) is 0 Å². The molecule has 0 aliphatic rings. The van der Waals surface area contributed by atoms with Crippen LogP contribution in [0.25, 0.3) is 0 Å². The molecule has 0 amide bonds. The lowest BCUT2D eigenvalue weighted by atomic mass is 10.2. The molecule has 6 heteroatoms. The molecule has 0 fully saturated rings. The first-order valence-electron chi connectivity index (χ1n) is 6.91. The van der Waals surface area contributed by atoms with Gasteiger partial charge in [-0.1, -0.05) is 20.3 Å². The maximum absolute atomic E-state index is 12.8. The number of hydrogen-bond donors (Lipinski definition) is 1. The largest absolute Gasteiger partial charge is 0.399 e. The lowest BCUT2D eigenvalue weighted by Gasteiger charge is -2.28. The normalized spacial score (nSPS) is 13.7. The van der Waals surface area contributed by atoms with Crippen LogP contribution in [0.2, 0.25) is 0 Å². The molecule has 114 valence electrons. The standard InChI is InChI=1S/C14H23BrN2O2S/c1-4-6-9-17(11(3)5-2)20(18,19)14-8-7-12(16)10-13(14)15/h7-8,10-11H,4-6,9,16H2,1-3H3. The van der Waals surface area contributed by atoms with Crippen molar-refractivity contribution in [1.29, 1.82) is 0 Å². The van der Waals surface area contributed by atoms with Crippen LogP contribution < -0.4 is 5.73 Å². The zero-order valence-electron chi connectivity index (χ0n) is 12.3. The second-order valence-electron chi connectivity index (χ2n) is 4.92. The molecule has 0 aromatic heterocycles. The van der Waals surface area contributed by atoms with E-state index in [9.17, 15) is 8.42 Å². The van der Waals surface area contributed by atoms with Crippen molar-refractivity contribution in [3.05, 3.63) is 22.7 Å². The molecule has 0 spiro atoms. The second kappa shape index (κ2) is 7.43. The number of sulfonamides is 1. The minimum Gasteiger partial charge on any atom is -0.399 e. The molecule has 1 unspecified atom stereocenters. The van der Waals surface area contributed by atoms with Gasteiger partial charge in [-0.05, 0) is 53.9 Å². The van der Waals surface area contributed by atoms with Crippen LogP contribution in [0.5, 0.6) is 0 Å². The van der Waals surface area contributed by atoms with Gasteiger partial charge >= 0.3 is 0 Å². The Kier molecular flexibility index (Phi) is 6.48. The van der Waals surface area contributed by atoms with Crippen LogP contribution in [0, 0.1) is 0 Å². The van der Waals surface area contributed by atoms with Gasteiger partial charge in [0.15, 0.2) is 0 Å². The van der Waals surface area contributed by atoms with Gasteiger partial charge in [0.25, 0.3) is 0 Å². The lowest BCUT2D eigenvalue weighted by molar-refractivity contribution is 0.324. The third kappa shape index (κ3) is 3.96. The SMILES string of the molecule is CCCCN(C(C)CC)S(=O)(=O)c1ccc(N)cc1Br. The van der Waals surface area contributed by atoms with E-state index in [-0.39, 0.29) is 10.9 Å². The molecule has 20 heavy (non-hydrogen) atoms. The summed E-state index contributed by atoms with van der Waals surface area (Å²) >= 11 is 3.30. The molecule has 1 aromatic rings. The summed E-state index contributed by atoms with van der Waals surface area (Å²) in [6.07, 6.45) is 2.61. The van der Waals surface area contributed by atoms with Crippen LogP contribution in [0.3, 0.4) is 0 Å². The molecule has 0 saturated carbocycles. The highest BCUT2D eigenvalue weighted by atomic mass is 79.9. The van der Waals surface area contributed by atoms with Crippen LogP contribution in [-0.4, -0.2) is 25.3 Å². The van der Waals surface area contributed by atoms with Gasteiger partial charge in [-0.25, -0.2) is 8.42 Å². The summed E-state index contributed by atoms with van der Waals surface area (Å²) in [4.78, 5) is 0.281. The molecule has 1 atom stereocenters. The number of benzene rings is 1. The third-order valence-corrected chi connectivity index (χ3v) is 6.35. The summed E-state index contributed by atoms with van der Waals surface area (Å²) in [7, 11) is -3.50. The average Bonchev–Trinajstić information content (AvgIpc) is 2.38.